The van der Waals surface area contributed by atoms with Crippen LogP contribution in [0, 0.1) is 0 Å². The van der Waals surface area contributed by atoms with E-state index in [1.807, 2.05) is 37.3 Å². The second-order valence-electron chi connectivity index (χ2n) is 9.18. The zero-order valence-electron chi connectivity index (χ0n) is 20.2. The molecule has 184 valence electrons. The average Bonchev–Trinajstić information content (AvgIpc) is 2.77. The van der Waals surface area contributed by atoms with Crippen molar-refractivity contribution >= 4 is 17.7 Å². The van der Waals surface area contributed by atoms with Crippen molar-refractivity contribution in [3.05, 3.63) is 70.1 Å². The molecule has 2 unspecified atom stereocenters. The first-order valence-corrected chi connectivity index (χ1v) is 11.4. The van der Waals surface area contributed by atoms with Crippen LogP contribution < -0.4 is 10.9 Å². The average molecular weight is 473 g/mol. The maximum Gasteiger partial charge on any atom is 0.308 e. The van der Waals surface area contributed by atoms with Crippen molar-refractivity contribution in [2.75, 3.05) is 6.67 Å². The van der Waals surface area contributed by atoms with Crippen LogP contribution in [-0.2, 0) is 25.7 Å². The summed E-state index contributed by atoms with van der Waals surface area (Å²) >= 11 is 0. The number of pyridine rings is 1. The highest BCUT2D eigenvalue weighted by Gasteiger charge is 2.30. The van der Waals surface area contributed by atoms with E-state index in [1.54, 1.807) is 39.1 Å². The molecular weight excluding hydrogens is 439 g/mol. The third-order valence-electron chi connectivity index (χ3n) is 5.14. The summed E-state index contributed by atoms with van der Waals surface area (Å²) in [7, 11) is 0. The number of nitrogens with one attached hydrogen (secondary N) is 1. The minimum absolute atomic E-state index is 0.279. The van der Waals surface area contributed by atoms with Gasteiger partial charge in [-0.3, -0.25) is 19.2 Å². The van der Waals surface area contributed by atoms with Crippen molar-refractivity contribution in [2.24, 2.45) is 0 Å². The van der Waals surface area contributed by atoms with Crippen molar-refractivity contribution in [1.82, 2.24) is 9.88 Å². The number of hydrogen-bond acceptors (Lipinski definition) is 5. The number of ether oxygens (including phenoxy) is 1. The summed E-state index contributed by atoms with van der Waals surface area (Å²) in [5.41, 5.74) is 0.106. The van der Waals surface area contributed by atoms with E-state index in [-0.39, 0.29) is 11.1 Å². The lowest BCUT2D eigenvalue weighted by Crippen LogP contribution is -2.46. The number of benzene rings is 1. The normalized spacial score (nSPS) is 13.1. The van der Waals surface area contributed by atoms with Crippen LogP contribution in [0.4, 0.5) is 4.39 Å². The molecule has 0 bridgehead atoms. The third-order valence-corrected chi connectivity index (χ3v) is 5.14. The molecule has 2 aromatic rings. The molecule has 1 amide bonds. The fourth-order valence-electron chi connectivity index (χ4n) is 3.60. The van der Waals surface area contributed by atoms with Gasteiger partial charge in [-0.15, -0.1) is 0 Å². The lowest BCUT2D eigenvalue weighted by atomic mass is 9.93. The number of carbonyl (C=O) groups is 3. The number of amides is 1. The summed E-state index contributed by atoms with van der Waals surface area (Å²) in [6.45, 7) is 5.89. The Hall–Kier alpha value is -3.29. The van der Waals surface area contributed by atoms with Gasteiger partial charge in [-0.2, -0.15) is 0 Å². The van der Waals surface area contributed by atoms with Gasteiger partial charge < -0.3 is 14.6 Å². The van der Waals surface area contributed by atoms with Crippen LogP contribution in [0.3, 0.4) is 0 Å². The first-order chi connectivity index (χ1) is 16.1. The Morgan fingerprint density at radius 3 is 2.35 bits per heavy atom. The van der Waals surface area contributed by atoms with Crippen LogP contribution in [-0.4, -0.2) is 40.5 Å². The Morgan fingerprint density at radius 2 is 1.76 bits per heavy atom. The number of carbonyl (C=O) groups excluding carboxylic acids is 3. The number of Topliss-reactive ketones (excluding diaryl/α,β-unsaturated/α-hetero) is 1. The second-order valence-corrected chi connectivity index (χ2v) is 9.18. The van der Waals surface area contributed by atoms with Gasteiger partial charge in [0.25, 0.3) is 5.56 Å². The topological polar surface area (TPSA) is 94.5 Å². The molecule has 0 aliphatic heterocycles. The highest BCUT2D eigenvalue weighted by atomic mass is 19.1. The molecule has 2 atom stereocenters. The lowest BCUT2D eigenvalue weighted by Gasteiger charge is -2.24. The SMILES string of the molecule is CCCC(C(=O)NC(CC(=O)OC(C)(C)C)C(=O)CF)c1cccn(Cc2ccccc2)c1=O. The van der Waals surface area contributed by atoms with Gasteiger partial charge in [0.1, 0.15) is 18.3 Å². The van der Waals surface area contributed by atoms with Crippen molar-refractivity contribution in [2.45, 2.75) is 71.1 Å². The molecular formula is C26H33FN2O5. The van der Waals surface area contributed by atoms with Crippen molar-refractivity contribution in [1.29, 1.82) is 0 Å². The minimum Gasteiger partial charge on any atom is -0.460 e. The molecule has 1 heterocycles. The van der Waals surface area contributed by atoms with Gasteiger partial charge >= 0.3 is 5.97 Å². The molecule has 0 saturated heterocycles. The van der Waals surface area contributed by atoms with E-state index >= 15 is 0 Å². The molecule has 1 aromatic carbocycles. The van der Waals surface area contributed by atoms with Crippen LogP contribution in [0.2, 0.25) is 0 Å². The molecule has 0 aliphatic carbocycles. The van der Waals surface area contributed by atoms with Crippen molar-refractivity contribution in [3.8, 4) is 0 Å². The number of rotatable bonds is 11. The summed E-state index contributed by atoms with van der Waals surface area (Å²) in [6.07, 6.45) is 2.10. The summed E-state index contributed by atoms with van der Waals surface area (Å²) in [5.74, 6) is -3.11. The fraction of sp³-hybridized carbons (Fsp3) is 0.462. The van der Waals surface area contributed by atoms with E-state index in [9.17, 15) is 23.6 Å². The van der Waals surface area contributed by atoms with Crippen molar-refractivity contribution in [3.63, 3.8) is 0 Å². The molecule has 0 spiro atoms. The van der Waals surface area contributed by atoms with E-state index in [0.717, 1.165) is 5.56 Å². The Balaban J connectivity index is 2.28. The molecule has 7 nitrogen and oxygen atoms in total. The summed E-state index contributed by atoms with van der Waals surface area (Å²) in [4.78, 5) is 50.7. The number of halogens is 1. The Labute approximate surface area is 199 Å². The molecule has 2 rings (SSSR count). The molecule has 34 heavy (non-hydrogen) atoms. The third kappa shape index (κ3) is 7.93. The molecule has 8 heteroatoms. The van der Waals surface area contributed by atoms with Gasteiger partial charge in [0, 0.05) is 11.8 Å². The summed E-state index contributed by atoms with van der Waals surface area (Å²) in [5, 5.41) is 2.49. The van der Waals surface area contributed by atoms with Crippen LogP contribution in [0.1, 0.15) is 64.0 Å². The molecule has 0 saturated carbocycles. The summed E-state index contributed by atoms with van der Waals surface area (Å²) in [6, 6.07) is 11.4. The molecule has 0 fully saturated rings. The number of aromatic nitrogens is 1. The van der Waals surface area contributed by atoms with Gasteiger partial charge in [0.2, 0.25) is 5.91 Å². The minimum atomic E-state index is -1.37. The van der Waals surface area contributed by atoms with Gasteiger partial charge in [-0.1, -0.05) is 49.7 Å². The summed E-state index contributed by atoms with van der Waals surface area (Å²) < 4.78 is 19.9. The zero-order chi connectivity index (χ0) is 25.3. The van der Waals surface area contributed by atoms with Crippen LogP contribution in [0.25, 0.3) is 0 Å². The van der Waals surface area contributed by atoms with Crippen molar-refractivity contribution < 1.29 is 23.5 Å². The number of ketones is 1. The van der Waals surface area contributed by atoms with E-state index in [4.69, 9.17) is 4.74 Å². The number of alkyl halides is 1. The first-order valence-electron chi connectivity index (χ1n) is 11.4. The maximum atomic E-state index is 13.2. The van der Waals surface area contributed by atoms with E-state index in [1.165, 1.54) is 4.57 Å². The number of hydrogen-bond donors (Lipinski definition) is 1. The van der Waals surface area contributed by atoms with Gasteiger partial charge in [0.15, 0.2) is 5.78 Å². The molecule has 0 aliphatic rings. The number of esters is 1. The van der Waals surface area contributed by atoms with Crippen LogP contribution in [0.5, 0.6) is 0 Å². The first kappa shape index (κ1) is 27.0. The molecule has 1 N–H and O–H groups in total. The predicted octanol–water partition coefficient (Wildman–Crippen LogP) is 3.54. The fourth-order valence-corrected chi connectivity index (χ4v) is 3.60. The standard InChI is InChI=1S/C26H33FN2O5/c1-5-10-19(20-13-9-14-29(25(20)33)17-18-11-7-6-8-12-18)24(32)28-21(22(30)16-27)15-23(31)34-26(2,3)4/h6-9,11-14,19,21H,5,10,15-17H2,1-4H3,(H,28,32). The quantitative estimate of drug-likeness (QED) is 0.505. The van der Waals surface area contributed by atoms with Gasteiger partial charge in [-0.25, -0.2) is 4.39 Å². The van der Waals surface area contributed by atoms with E-state index in [0.29, 0.717) is 19.4 Å². The predicted molar refractivity (Wildman–Crippen MR) is 127 cm³/mol. The van der Waals surface area contributed by atoms with Crippen LogP contribution >= 0.6 is 0 Å². The van der Waals surface area contributed by atoms with Gasteiger partial charge in [0.05, 0.1) is 18.9 Å². The Kier molecular flexibility index (Phi) is 9.71. The Morgan fingerprint density at radius 1 is 1.09 bits per heavy atom. The molecule has 1 aromatic heterocycles. The maximum absolute atomic E-state index is 13.2. The van der Waals surface area contributed by atoms with E-state index < -0.39 is 48.3 Å². The van der Waals surface area contributed by atoms with Crippen LogP contribution in [0.15, 0.2) is 53.5 Å². The Bertz CT molecular complexity index is 1040. The van der Waals surface area contributed by atoms with Gasteiger partial charge in [-0.05, 0) is 38.8 Å². The highest BCUT2D eigenvalue weighted by Crippen LogP contribution is 2.20. The van der Waals surface area contributed by atoms with E-state index in [2.05, 4.69) is 5.32 Å². The monoisotopic (exact) mass is 472 g/mol. The number of nitrogens with zero attached hydrogens (tertiary/aromatic N) is 1. The molecule has 0 radical (unpaired) electrons. The second kappa shape index (κ2) is 12.3. The highest BCUT2D eigenvalue weighted by molar-refractivity contribution is 5.94. The largest absolute Gasteiger partial charge is 0.460 e. The lowest BCUT2D eigenvalue weighted by molar-refractivity contribution is -0.156. The zero-order valence-corrected chi connectivity index (χ0v) is 20.2. The smallest absolute Gasteiger partial charge is 0.308 e.